The fraction of sp³-hybridized carbons (Fsp3) is 0.778. The molecule has 0 aromatic carbocycles. The Balaban J connectivity index is 1.98. The Kier molecular flexibility index (Phi) is 4.03. The first-order valence-electron chi connectivity index (χ1n) is 5.57. The van der Waals surface area contributed by atoms with Crippen molar-refractivity contribution in [1.29, 1.82) is 0 Å². The maximum Gasteiger partial charge on any atom is 0.393 e. The predicted octanol–water partition coefficient (Wildman–Crippen LogP) is 1.60. The van der Waals surface area contributed by atoms with Crippen molar-refractivity contribution < 1.29 is 13.2 Å². The summed E-state index contributed by atoms with van der Waals surface area (Å²) < 4.78 is 41.7. The highest BCUT2D eigenvalue weighted by Gasteiger charge is 2.41. The van der Waals surface area contributed by atoms with Gasteiger partial charge in [-0.05, 0) is 19.4 Å². The Morgan fingerprint density at radius 2 is 2.28 bits per heavy atom. The van der Waals surface area contributed by atoms with Crippen LogP contribution in [-0.4, -0.2) is 33.8 Å². The van der Waals surface area contributed by atoms with Crippen molar-refractivity contribution in [2.75, 3.05) is 18.5 Å². The summed E-state index contributed by atoms with van der Waals surface area (Å²) >= 11 is 1.10. The Hall–Kier alpha value is -0.930. The first-order chi connectivity index (χ1) is 8.50. The van der Waals surface area contributed by atoms with Crippen LogP contribution >= 0.6 is 11.5 Å². The third-order valence-electron chi connectivity index (χ3n) is 3.03. The third-order valence-corrected chi connectivity index (χ3v) is 3.73. The van der Waals surface area contributed by atoms with E-state index in [0.717, 1.165) is 11.5 Å². The van der Waals surface area contributed by atoms with Crippen molar-refractivity contribution in [2.45, 2.75) is 25.6 Å². The van der Waals surface area contributed by atoms with Gasteiger partial charge in [-0.3, -0.25) is 4.90 Å². The van der Waals surface area contributed by atoms with Crippen LogP contribution in [0.1, 0.15) is 18.5 Å². The number of hydrogen-bond acceptors (Lipinski definition) is 6. The number of nitrogen functional groups attached to an aromatic ring is 1. The number of hydrazine groups is 1. The number of hydrogen-bond donors (Lipinski definition) is 2. The van der Waals surface area contributed by atoms with Crippen LogP contribution in [0.5, 0.6) is 0 Å². The molecule has 1 aromatic heterocycles. The van der Waals surface area contributed by atoms with Crippen LogP contribution in [0.25, 0.3) is 0 Å². The van der Waals surface area contributed by atoms with Crippen LogP contribution in [0.2, 0.25) is 0 Å². The molecule has 2 heterocycles. The van der Waals surface area contributed by atoms with E-state index in [1.807, 2.05) is 0 Å². The molecule has 5 nitrogen and oxygen atoms in total. The first-order valence-corrected chi connectivity index (χ1v) is 6.35. The summed E-state index contributed by atoms with van der Waals surface area (Å²) in [5.41, 5.74) is 3.05. The van der Waals surface area contributed by atoms with Crippen LogP contribution in [0.4, 0.5) is 18.2 Å². The quantitative estimate of drug-likeness (QED) is 0.650. The molecule has 9 heteroatoms. The number of piperidine rings is 1. The molecule has 18 heavy (non-hydrogen) atoms. The van der Waals surface area contributed by atoms with Crippen molar-refractivity contribution in [3.05, 3.63) is 5.69 Å². The number of anilines is 1. The molecule has 1 aromatic rings. The van der Waals surface area contributed by atoms with Gasteiger partial charge in [-0.25, -0.2) is 5.84 Å². The molecule has 1 saturated heterocycles. The average Bonchev–Trinajstić information content (AvgIpc) is 2.75. The van der Waals surface area contributed by atoms with Crippen molar-refractivity contribution in [3.63, 3.8) is 0 Å². The number of nitrogens with two attached hydrogens (primary N) is 1. The predicted molar refractivity (Wildman–Crippen MR) is 61.8 cm³/mol. The molecule has 0 aliphatic carbocycles. The fourth-order valence-electron chi connectivity index (χ4n) is 2.10. The minimum Gasteiger partial charge on any atom is -0.313 e. The van der Waals surface area contributed by atoms with E-state index in [4.69, 9.17) is 5.84 Å². The lowest BCUT2D eigenvalue weighted by molar-refractivity contribution is -0.187. The highest BCUT2D eigenvalue weighted by molar-refractivity contribution is 7.10. The van der Waals surface area contributed by atoms with Gasteiger partial charge in [0, 0.05) is 24.6 Å². The number of nitrogens with one attached hydrogen (secondary N) is 1. The zero-order valence-corrected chi connectivity index (χ0v) is 10.4. The molecule has 1 fully saturated rings. The molecule has 1 aliphatic rings. The SMILES string of the molecule is NNc1snnc1CN1CCCC(C(F)(F)F)C1. The van der Waals surface area contributed by atoms with Crippen molar-refractivity contribution in [2.24, 2.45) is 11.8 Å². The van der Waals surface area contributed by atoms with Crippen LogP contribution in [0.3, 0.4) is 0 Å². The molecule has 1 atom stereocenters. The van der Waals surface area contributed by atoms with E-state index in [9.17, 15) is 13.2 Å². The molecule has 1 aliphatic heterocycles. The lowest BCUT2D eigenvalue weighted by atomic mass is 9.97. The highest BCUT2D eigenvalue weighted by Crippen LogP contribution is 2.33. The van der Waals surface area contributed by atoms with Gasteiger partial charge in [0.05, 0.1) is 5.92 Å². The van der Waals surface area contributed by atoms with E-state index in [-0.39, 0.29) is 13.0 Å². The number of aromatic nitrogens is 2. The van der Waals surface area contributed by atoms with E-state index in [1.165, 1.54) is 0 Å². The second kappa shape index (κ2) is 5.37. The van der Waals surface area contributed by atoms with E-state index in [2.05, 4.69) is 15.0 Å². The number of alkyl halides is 3. The molecule has 2 rings (SSSR count). The Labute approximate surface area is 106 Å². The second-order valence-corrected chi connectivity index (χ2v) is 5.06. The summed E-state index contributed by atoms with van der Waals surface area (Å²) in [4.78, 5) is 1.75. The minimum absolute atomic E-state index is 0.0189. The number of nitrogens with zero attached hydrogens (tertiary/aromatic N) is 3. The van der Waals surface area contributed by atoms with Crippen molar-refractivity contribution in [1.82, 2.24) is 14.5 Å². The molecular weight excluding hydrogens is 267 g/mol. The summed E-state index contributed by atoms with van der Waals surface area (Å²) in [5, 5.41) is 4.47. The normalized spacial score (nSPS) is 22.1. The molecule has 0 amide bonds. The summed E-state index contributed by atoms with van der Waals surface area (Å²) in [6, 6.07) is 0. The molecule has 0 spiro atoms. The van der Waals surface area contributed by atoms with Crippen molar-refractivity contribution >= 4 is 16.5 Å². The molecule has 0 bridgehead atoms. The number of halogens is 3. The lowest BCUT2D eigenvalue weighted by Gasteiger charge is -2.33. The molecule has 0 radical (unpaired) electrons. The lowest BCUT2D eigenvalue weighted by Crippen LogP contribution is -2.41. The van der Waals surface area contributed by atoms with Gasteiger partial charge in [-0.15, -0.1) is 5.10 Å². The van der Waals surface area contributed by atoms with Crippen LogP contribution in [0, 0.1) is 5.92 Å². The van der Waals surface area contributed by atoms with Gasteiger partial charge < -0.3 is 5.43 Å². The first kappa shape index (κ1) is 13.5. The van der Waals surface area contributed by atoms with Gasteiger partial charge in [0.2, 0.25) is 0 Å². The second-order valence-electron chi connectivity index (χ2n) is 4.31. The largest absolute Gasteiger partial charge is 0.393 e. The number of rotatable bonds is 3. The van der Waals surface area contributed by atoms with E-state index in [0.29, 0.717) is 30.2 Å². The summed E-state index contributed by atoms with van der Waals surface area (Å²) in [6.07, 6.45) is -3.36. The summed E-state index contributed by atoms with van der Waals surface area (Å²) in [6.45, 7) is 1.02. The minimum atomic E-state index is -4.12. The Morgan fingerprint density at radius 3 is 2.94 bits per heavy atom. The number of likely N-dealkylation sites (tertiary alicyclic amines) is 1. The molecule has 3 N–H and O–H groups in total. The van der Waals surface area contributed by atoms with Gasteiger partial charge >= 0.3 is 6.18 Å². The van der Waals surface area contributed by atoms with Crippen LogP contribution in [-0.2, 0) is 6.54 Å². The van der Waals surface area contributed by atoms with Crippen molar-refractivity contribution in [3.8, 4) is 0 Å². The van der Waals surface area contributed by atoms with Gasteiger partial charge in [-0.2, -0.15) is 13.2 Å². The third kappa shape index (κ3) is 3.09. The van der Waals surface area contributed by atoms with Gasteiger partial charge in [0.15, 0.2) is 0 Å². The van der Waals surface area contributed by atoms with E-state index < -0.39 is 12.1 Å². The molecular formula is C9H14F3N5S. The summed E-state index contributed by atoms with van der Waals surface area (Å²) in [7, 11) is 0. The van der Waals surface area contributed by atoms with Gasteiger partial charge in [0.1, 0.15) is 10.7 Å². The Morgan fingerprint density at radius 1 is 1.50 bits per heavy atom. The van der Waals surface area contributed by atoms with Crippen LogP contribution in [0.15, 0.2) is 0 Å². The molecule has 102 valence electrons. The topological polar surface area (TPSA) is 67.1 Å². The zero-order chi connectivity index (χ0) is 13.2. The van der Waals surface area contributed by atoms with E-state index >= 15 is 0 Å². The van der Waals surface area contributed by atoms with Gasteiger partial charge in [0.25, 0.3) is 0 Å². The van der Waals surface area contributed by atoms with Gasteiger partial charge in [-0.1, -0.05) is 4.49 Å². The average molecular weight is 281 g/mol. The maximum atomic E-state index is 12.7. The van der Waals surface area contributed by atoms with Crippen LogP contribution < -0.4 is 11.3 Å². The zero-order valence-electron chi connectivity index (χ0n) is 9.57. The smallest absolute Gasteiger partial charge is 0.313 e. The highest BCUT2D eigenvalue weighted by atomic mass is 32.1. The molecule has 0 saturated carbocycles. The fourth-order valence-corrected chi connectivity index (χ4v) is 2.58. The summed E-state index contributed by atoms with van der Waals surface area (Å²) in [5.74, 6) is 4.04. The Bertz CT molecular complexity index is 394. The maximum absolute atomic E-state index is 12.7. The molecule has 1 unspecified atom stereocenters. The monoisotopic (exact) mass is 281 g/mol. The standard InChI is InChI=1S/C9H14F3N5S/c10-9(11,12)6-2-1-3-17(4-6)5-7-8(14-13)18-16-15-7/h6,14H,1-5,13H2. The van der Waals surface area contributed by atoms with E-state index in [1.54, 1.807) is 4.90 Å².